The second-order valence-corrected chi connectivity index (χ2v) is 6.87. The normalized spacial score (nSPS) is 10.8. The lowest BCUT2D eigenvalue weighted by molar-refractivity contribution is -0.133. The van der Waals surface area contributed by atoms with E-state index >= 15 is 0 Å². The van der Waals surface area contributed by atoms with Gasteiger partial charge in [-0.1, -0.05) is 18.2 Å². The standard InChI is InChI=1S/C22H22FN3O4/c1-4-26-19-10-9-15(11-18(19)24-14(2)21(26)28)22(29)30-13-20(27)25(3)12-16-7-5-6-8-17(16)23/h5-11H,4,12-13H2,1-3H3. The third-order valence-electron chi connectivity index (χ3n) is 4.78. The van der Waals surface area contributed by atoms with Crippen molar-refractivity contribution in [1.29, 1.82) is 0 Å². The van der Waals surface area contributed by atoms with E-state index in [-0.39, 0.29) is 17.7 Å². The molecule has 156 valence electrons. The van der Waals surface area contributed by atoms with Gasteiger partial charge in [0.25, 0.3) is 11.5 Å². The molecule has 0 radical (unpaired) electrons. The van der Waals surface area contributed by atoms with Gasteiger partial charge in [-0.2, -0.15) is 0 Å². The van der Waals surface area contributed by atoms with Gasteiger partial charge in [0.05, 0.1) is 16.6 Å². The average molecular weight is 411 g/mol. The molecule has 0 N–H and O–H groups in total. The molecule has 0 aliphatic rings. The van der Waals surface area contributed by atoms with Gasteiger partial charge in [-0.05, 0) is 38.1 Å². The van der Waals surface area contributed by atoms with Crippen molar-refractivity contribution in [3.63, 3.8) is 0 Å². The van der Waals surface area contributed by atoms with Crippen LogP contribution in [0.15, 0.2) is 47.3 Å². The van der Waals surface area contributed by atoms with E-state index in [1.807, 2.05) is 6.92 Å². The number of hydrogen-bond acceptors (Lipinski definition) is 5. The number of hydrogen-bond donors (Lipinski definition) is 0. The van der Waals surface area contributed by atoms with E-state index in [9.17, 15) is 18.8 Å². The number of rotatable bonds is 6. The van der Waals surface area contributed by atoms with Crippen LogP contribution in [-0.2, 0) is 22.6 Å². The number of benzene rings is 2. The van der Waals surface area contributed by atoms with Crippen molar-refractivity contribution in [2.24, 2.45) is 0 Å². The Bertz CT molecular complexity index is 1170. The summed E-state index contributed by atoms with van der Waals surface area (Å²) in [5.41, 5.74) is 1.86. The van der Waals surface area contributed by atoms with Gasteiger partial charge in [0, 0.05) is 25.7 Å². The molecule has 0 bridgehead atoms. The van der Waals surface area contributed by atoms with Crippen molar-refractivity contribution in [2.75, 3.05) is 13.7 Å². The molecule has 0 saturated heterocycles. The summed E-state index contributed by atoms with van der Waals surface area (Å²) in [6.45, 7) is 3.54. The number of carbonyl (C=O) groups excluding carboxylic acids is 2. The fraction of sp³-hybridized carbons (Fsp3) is 0.273. The van der Waals surface area contributed by atoms with Gasteiger partial charge < -0.3 is 14.2 Å². The zero-order valence-corrected chi connectivity index (χ0v) is 17.0. The summed E-state index contributed by atoms with van der Waals surface area (Å²) in [6, 6.07) is 10.9. The Balaban J connectivity index is 1.69. The molecule has 0 atom stereocenters. The number of fused-ring (bicyclic) bond motifs is 1. The van der Waals surface area contributed by atoms with Crippen LogP contribution in [-0.4, -0.2) is 40.0 Å². The smallest absolute Gasteiger partial charge is 0.338 e. The van der Waals surface area contributed by atoms with Crippen molar-refractivity contribution in [3.05, 3.63) is 75.5 Å². The molecule has 0 saturated carbocycles. The minimum absolute atomic E-state index is 0.0662. The van der Waals surface area contributed by atoms with Crippen LogP contribution >= 0.6 is 0 Å². The molecule has 1 amide bonds. The minimum atomic E-state index is -0.682. The Labute approximate surface area is 172 Å². The van der Waals surface area contributed by atoms with Gasteiger partial charge in [0.2, 0.25) is 0 Å². The SMILES string of the molecule is CCn1c(=O)c(C)nc2cc(C(=O)OCC(=O)N(C)Cc3ccccc3F)ccc21. The lowest BCUT2D eigenvalue weighted by Crippen LogP contribution is -2.31. The molecule has 2 aromatic carbocycles. The summed E-state index contributed by atoms with van der Waals surface area (Å²) < 4.78 is 20.4. The molecule has 0 aliphatic heterocycles. The first kappa shape index (κ1) is 21.2. The Morgan fingerprint density at radius 3 is 2.63 bits per heavy atom. The number of carbonyl (C=O) groups is 2. The van der Waals surface area contributed by atoms with Gasteiger partial charge in [0.15, 0.2) is 6.61 Å². The van der Waals surface area contributed by atoms with Gasteiger partial charge in [0.1, 0.15) is 11.5 Å². The molecule has 0 spiro atoms. The number of esters is 1. The van der Waals surface area contributed by atoms with E-state index in [1.54, 1.807) is 35.8 Å². The van der Waals surface area contributed by atoms with Gasteiger partial charge in [-0.15, -0.1) is 0 Å². The molecule has 30 heavy (non-hydrogen) atoms. The van der Waals surface area contributed by atoms with Crippen molar-refractivity contribution < 1.29 is 18.7 Å². The highest BCUT2D eigenvalue weighted by atomic mass is 19.1. The van der Waals surface area contributed by atoms with Crippen molar-refractivity contribution in [1.82, 2.24) is 14.5 Å². The predicted molar refractivity (Wildman–Crippen MR) is 110 cm³/mol. The monoisotopic (exact) mass is 411 g/mol. The molecule has 0 aliphatic carbocycles. The first-order chi connectivity index (χ1) is 14.3. The summed E-state index contributed by atoms with van der Waals surface area (Å²) in [5, 5.41) is 0. The zero-order chi connectivity index (χ0) is 21.8. The number of likely N-dealkylation sites (N-methyl/N-ethyl adjacent to an activating group) is 1. The van der Waals surface area contributed by atoms with Crippen LogP contribution in [0.25, 0.3) is 11.0 Å². The Morgan fingerprint density at radius 2 is 1.93 bits per heavy atom. The predicted octanol–water partition coefficient (Wildman–Crippen LogP) is 2.68. The maximum Gasteiger partial charge on any atom is 0.338 e. The summed E-state index contributed by atoms with van der Waals surface area (Å²) in [5.74, 6) is -1.54. The van der Waals surface area contributed by atoms with E-state index in [0.717, 1.165) is 0 Å². The molecule has 7 nitrogen and oxygen atoms in total. The van der Waals surface area contributed by atoms with Gasteiger partial charge in [-0.25, -0.2) is 14.2 Å². The van der Waals surface area contributed by atoms with Crippen LogP contribution in [0.4, 0.5) is 4.39 Å². The number of nitrogens with zero attached hydrogens (tertiary/aromatic N) is 3. The zero-order valence-electron chi connectivity index (χ0n) is 17.0. The molecule has 1 heterocycles. The van der Waals surface area contributed by atoms with Crippen molar-refractivity contribution in [2.45, 2.75) is 26.9 Å². The van der Waals surface area contributed by atoms with Gasteiger partial charge >= 0.3 is 5.97 Å². The number of amides is 1. The second-order valence-electron chi connectivity index (χ2n) is 6.87. The third-order valence-corrected chi connectivity index (χ3v) is 4.78. The lowest BCUT2D eigenvalue weighted by Gasteiger charge is -2.17. The molecule has 1 aromatic heterocycles. The highest BCUT2D eigenvalue weighted by molar-refractivity contribution is 5.94. The molecule has 0 unspecified atom stereocenters. The molecular formula is C22H22FN3O4. The summed E-state index contributed by atoms with van der Waals surface area (Å²) in [4.78, 5) is 42.3. The first-order valence-electron chi connectivity index (χ1n) is 9.47. The lowest BCUT2D eigenvalue weighted by atomic mass is 10.2. The van der Waals surface area contributed by atoms with Crippen molar-refractivity contribution in [3.8, 4) is 0 Å². The van der Waals surface area contributed by atoms with E-state index in [4.69, 9.17) is 4.74 Å². The highest BCUT2D eigenvalue weighted by Crippen LogP contribution is 2.15. The van der Waals surface area contributed by atoms with Crippen molar-refractivity contribution >= 4 is 22.9 Å². The fourth-order valence-electron chi connectivity index (χ4n) is 3.11. The van der Waals surface area contributed by atoms with Crippen LogP contribution < -0.4 is 5.56 Å². The van der Waals surface area contributed by atoms with E-state index in [2.05, 4.69) is 4.98 Å². The fourth-order valence-corrected chi connectivity index (χ4v) is 3.11. The van der Waals surface area contributed by atoms with Crippen LogP contribution in [0.1, 0.15) is 28.5 Å². The first-order valence-corrected chi connectivity index (χ1v) is 9.47. The molecule has 0 fully saturated rings. The number of halogens is 1. The van der Waals surface area contributed by atoms with E-state index < -0.39 is 24.3 Å². The summed E-state index contributed by atoms with van der Waals surface area (Å²) >= 11 is 0. The third kappa shape index (κ3) is 4.37. The molecule has 3 rings (SSSR count). The Morgan fingerprint density at radius 1 is 1.20 bits per heavy atom. The molecule has 8 heteroatoms. The number of ether oxygens (including phenoxy) is 1. The topological polar surface area (TPSA) is 81.5 Å². The largest absolute Gasteiger partial charge is 0.452 e. The maximum absolute atomic E-state index is 13.7. The Hall–Kier alpha value is -3.55. The second kappa shape index (κ2) is 8.86. The van der Waals surface area contributed by atoms with E-state index in [1.165, 1.54) is 30.1 Å². The van der Waals surface area contributed by atoms with E-state index in [0.29, 0.717) is 28.8 Å². The molecule has 3 aromatic rings. The number of aryl methyl sites for hydroxylation is 2. The van der Waals surface area contributed by atoms with Gasteiger partial charge in [-0.3, -0.25) is 9.59 Å². The molecular weight excluding hydrogens is 389 g/mol. The average Bonchev–Trinajstić information content (AvgIpc) is 2.74. The summed E-state index contributed by atoms with van der Waals surface area (Å²) in [7, 11) is 1.51. The van der Waals surface area contributed by atoms with Crippen LogP contribution in [0, 0.1) is 12.7 Å². The maximum atomic E-state index is 13.7. The Kier molecular flexibility index (Phi) is 6.25. The highest BCUT2D eigenvalue weighted by Gasteiger charge is 2.16. The quantitative estimate of drug-likeness (QED) is 0.583. The van der Waals surface area contributed by atoms with Crippen LogP contribution in [0.5, 0.6) is 0 Å². The van der Waals surface area contributed by atoms with Crippen LogP contribution in [0.2, 0.25) is 0 Å². The number of aromatic nitrogens is 2. The van der Waals surface area contributed by atoms with Crippen LogP contribution in [0.3, 0.4) is 0 Å². The minimum Gasteiger partial charge on any atom is -0.452 e. The summed E-state index contributed by atoms with van der Waals surface area (Å²) in [6.07, 6.45) is 0.